The van der Waals surface area contributed by atoms with E-state index in [9.17, 15) is 0 Å². The van der Waals surface area contributed by atoms with Crippen LogP contribution >= 0.6 is 15.9 Å². The van der Waals surface area contributed by atoms with E-state index in [1.54, 1.807) is 7.11 Å². The van der Waals surface area contributed by atoms with Crippen molar-refractivity contribution in [3.8, 4) is 5.75 Å². The van der Waals surface area contributed by atoms with Crippen LogP contribution in [0.15, 0.2) is 22.7 Å². The van der Waals surface area contributed by atoms with Gasteiger partial charge in [-0.2, -0.15) is 5.10 Å². The third-order valence-electron chi connectivity index (χ3n) is 3.55. The van der Waals surface area contributed by atoms with Crippen molar-refractivity contribution < 1.29 is 4.74 Å². The van der Waals surface area contributed by atoms with Crippen molar-refractivity contribution in [1.82, 2.24) is 9.78 Å². The molecule has 0 spiro atoms. The minimum atomic E-state index is 0.743. The number of rotatable bonds is 6. The third-order valence-corrected chi connectivity index (χ3v) is 4.46. The highest BCUT2D eigenvalue weighted by atomic mass is 79.9. The number of ether oxygens (including phenoxy) is 1. The molecule has 0 saturated carbocycles. The Labute approximate surface area is 134 Å². The van der Waals surface area contributed by atoms with Gasteiger partial charge >= 0.3 is 0 Å². The van der Waals surface area contributed by atoms with Crippen molar-refractivity contribution in [2.24, 2.45) is 0 Å². The van der Waals surface area contributed by atoms with Crippen LogP contribution in [0, 0.1) is 6.92 Å². The summed E-state index contributed by atoms with van der Waals surface area (Å²) < 4.78 is 8.45. The average molecular weight is 352 g/mol. The summed E-state index contributed by atoms with van der Waals surface area (Å²) in [6.07, 6.45) is 0.933. The number of methoxy groups -OCH3 is 1. The van der Waals surface area contributed by atoms with Crippen LogP contribution < -0.4 is 10.1 Å². The lowest BCUT2D eigenvalue weighted by Crippen LogP contribution is -2.08. The standard InChI is InChI=1S/C16H22BrN3O/c1-5-13-16(17)14(20(6-2)19-13)10-18-12-7-8-15(21-4)11(3)9-12/h7-9,18H,5-6,10H2,1-4H3. The smallest absolute Gasteiger partial charge is 0.121 e. The summed E-state index contributed by atoms with van der Waals surface area (Å²) >= 11 is 3.67. The second kappa shape index (κ2) is 6.98. The van der Waals surface area contributed by atoms with Crippen molar-refractivity contribution in [3.63, 3.8) is 0 Å². The Morgan fingerprint density at radius 1 is 1.33 bits per heavy atom. The van der Waals surface area contributed by atoms with Crippen molar-refractivity contribution in [2.45, 2.75) is 40.3 Å². The maximum absolute atomic E-state index is 5.29. The van der Waals surface area contributed by atoms with E-state index >= 15 is 0 Å². The molecule has 0 fully saturated rings. The van der Waals surface area contributed by atoms with Crippen LogP contribution in [0.25, 0.3) is 0 Å². The third kappa shape index (κ3) is 3.40. The molecular formula is C16H22BrN3O. The minimum Gasteiger partial charge on any atom is -0.496 e. The molecule has 0 aliphatic heterocycles. The van der Waals surface area contributed by atoms with Crippen molar-refractivity contribution >= 4 is 21.6 Å². The molecule has 0 radical (unpaired) electrons. The molecule has 114 valence electrons. The lowest BCUT2D eigenvalue weighted by Gasteiger charge is -2.11. The van der Waals surface area contributed by atoms with Gasteiger partial charge in [-0.1, -0.05) is 6.92 Å². The zero-order chi connectivity index (χ0) is 15.4. The number of nitrogens with one attached hydrogen (secondary N) is 1. The van der Waals surface area contributed by atoms with Gasteiger partial charge in [-0.25, -0.2) is 0 Å². The van der Waals surface area contributed by atoms with Gasteiger partial charge in [0.25, 0.3) is 0 Å². The molecule has 0 aliphatic rings. The molecule has 0 amide bonds. The number of aromatic nitrogens is 2. The number of aryl methyl sites for hydroxylation is 3. The van der Waals surface area contributed by atoms with Gasteiger partial charge in [0.05, 0.1) is 29.5 Å². The zero-order valence-corrected chi connectivity index (χ0v) is 14.6. The predicted molar refractivity (Wildman–Crippen MR) is 90.0 cm³/mol. The summed E-state index contributed by atoms with van der Waals surface area (Å²) in [6, 6.07) is 6.12. The molecule has 1 heterocycles. The van der Waals surface area contributed by atoms with Gasteiger partial charge in [0.1, 0.15) is 5.75 Å². The number of nitrogens with zero attached hydrogens (tertiary/aromatic N) is 2. The normalized spacial score (nSPS) is 10.7. The number of halogens is 1. The Balaban J connectivity index is 2.16. The summed E-state index contributed by atoms with van der Waals surface area (Å²) in [5, 5.41) is 8.07. The number of hydrogen-bond acceptors (Lipinski definition) is 3. The molecular weight excluding hydrogens is 330 g/mol. The predicted octanol–water partition coefficient (Wildman–Crippen LogP) is 4.16. The maximum atomic E-state index is 5.29. The largest absolute Gasteiger partial charge is 0.496 e. The van der Waals surface area contributed by atoms with Crippen LogP contribution in [-0.4, -0.2) is 16.9 Å². The zero-order valence-electron chi connectivity index (χ0n) is 13.0. The lowest BCUT2D eigenvalue weighted by atomic mass is 10.2. The second-order valence-electron chi connectivity index (χ2n) is 4.91. The van der Waals surface area contributed by atoms with Crippen molar-refractivity contribution in [1.29, 1.82) is 0 Å². The Hall–Kier alpha value is -1.49. The van der Waals surface area contributed by atoms with Crippen LogP contribution in [0.4, 0.5) is 5.69 Å². The van der Waals surface area contributed by atoms with Crippen LogP contribution in [0.2, 0.25) is 0 Å². The van der Waals surface area contributed by atoms with E-state index in [1.165, 1.54) is 5.69 Å². The molecule has 0 saturated heterocycles. The van der Waals surface area contributed by atoms with Gasteiger partial charge in [0.2, 0.25) is 0 Å². The summed E-state index contributed by atoms with van der Waals surface area (Å²) in [6.45, 7) is 7.90. The summed E-state index contributed by atoms with van der Waals surface area (Å²) in [7, 11) is 1.69. The molecule has 0 unspecified atom stereocenters. The van der Waals surface area contributed by atoms with E-state index in [1.807, 2.05) is 23.7 Å². The molecule has 2 aromatic rings. The van der Waals surface area contributed by atoms with Crippen LogP contribution in [-0.2, 0) is 19.5 Å². The van der Waals surface area contributed by atoms with E-state index in [4.69, 9.17) is 4.74 Å². The molecule has 21 heavy (non-hydrogen) atoms. The first-order chi connectivity index (χ1) is 10.1. The Morgan fingerprint density at radius 3 is 2.67 bits per heavy atom. The quantitative estimate of drug-likeness (QED) is 0.849. The highest BCUT2D eigenvalue weighted by Gasteiger charge is 2.13. The molecule has 5 heteroatoms. The Bertz CT molecular complexity index is 622. The molecule has 0 aliphatic carbocycles. The monoisotopic (exact) mass is 351 g/mol. The van der Waals surface area contributed by atoms with Crippen LogP contribution in [0.5, 0.6) is 5.75 Å². The highest BCUT2D eigenvalue weighted by molar-refractivity contribution is 9.10. The molecule has 1 N–H and O–H groups in total. The first kappa shape index (κ1) is 15.9. The van der Waals surface area contributed by atoms with Gasteiger partial charge < -0.3 is 10.1 Å². The van der Waals surface area contributed by atoms with Gasteiger partial charge in [-0.3, -0.25) is 4.68 Å². The number of anilines is 1. The molecule has 1 aromatic heterocycles. The molecule has 1 aromatic carbocycles. The maximum Gasteiger partial charge on any atom is 0.121 e. The molecule has 0 atom stereocenters. The van der Waals surface area contributed by atoms with Gasteiger partial charge in [0.15, 0.2) is 0 Å². The summed E-state index contributed by atoms with van der Waals surface area (Å²) in [5.74, 6) is 0.911. The lowest BCUT2D eigenvalue weighted by molar-refractivity contribution is 0.412. The first-order valence-electron chi connectivity index (χ1n) is 7.23. The highest BCUT2D eigenvalue weighted by Crippen LogP contribution is 2.25. The summed E-state index contributed by atoms with van der Waals surface area (Å²) in [4.78, 5) is 0. The van der Waals surface area contributed by atoms with Crippen molar-refractivity contribution in [3.05, 3.63) is 39.6 Å². The Morgan fingerprint density at radius 2 is 2.10 bits per heavy atom. The van der Waals surface area contributed by atoms with Crippen molar-refractivity contribution in [2.75, 3.05) is 12.4 Å². The van der Waals surface area contributed by atoms with Gasteiger partial charge in [-0.05, 0) is 60.0 Å². The topological polar surface area (TPSA) is 39.1 Å². The molecule has 4 nitrogen and oxygen atoms in total. The molecule has 0 bridgehead atoms. The van der Waals surface area contributed by atoms with Gasteiger partial charge in [0, 0.05) is 12.2 Å². The van der Waals surface area contributed by atoms with E-state index < -0.39 is 0 Å². The Kier molecular flexibility index (Phi) is 5.28. The fraction of sp³-hybridized carbons (Fsp3) is 0.438. The van der Waals surface area contributed by atoms with E-state index in [0.29, 0.717) is 0 Å². The minimum absolute atomic E-state index is 0.743. The van der Waals surface area contributed by atoms with Crippen LogP contribution in [0.1, 0.15) is 30.8 Å². The van der Waals surface area contributed by atoms with E-state index in [-0.39, 0.29) is 0 Å². The van der Waals surface area contributed by atoms with Gasteiger partial charge in [-0.15, -0.1) is 0 Å². The molecule has 2 rings (SSSR count). The second-order valence-corrected chi connectivity index (χ2v) is 5.71. The van der Waals surface area contributed by atoms with Crippen LogP contribution in [0.3, 0.4) is 0 Å². The fourth-order valence-electron chi connectivity index (χ4n) is 2.36. The average Bonchev–Trinajstić information content (AvgIpc) is 2.80. The number of benzene rings is 1. The van der Waals surface area contributed by atoms with E-state index in [0.717, 1.165) is 46.7 Å². The first-order valence-corrected chi connectivity index (χ1v) is 8.02. The number of hydrogen-bond donors (Lipinski definition) is 1. The summed E-state index contributed by atoms with van der Waals surface area (Å²) in [5.41, 5.74) is 4.50. The fourth-order valence-corrected chi connectivity index (χ4v) is 3.06. The SMILES string of the molecule is CCc1nn(CC)c(CNc2ccc(OC)c(C)c2)c1Br. The van der Waals surface area contributed by atoms with E-state index in [2.05, 4.69) is 46.3 Å².